The Morgan fingerprint density at radius 1 is 1.25 bits per heavy atom. The fourth-order valence-electron chi connectivity index (χ4n) is 2.18. The molecule has 3 aromatic rings. The van der Waals surface area contributed by atoms with E-state index in [0.717, 1.165) is 15.2 Å². The minimum Gasteiger partial charge on any atom is -0.479 e. The summed E-state index contributed by atoms with van der Waals surface area (Å²) in [6.07, 6.45) is -0.706. The fraction of sp³-hybridized carbons (Fsp3) is 0.176. The van der Waals surface area contributed by atoms with E-state index in [2.05, 4.69) is 10.3 Å². The summed E-state index contributed by atoms with van der Waals surface area (Å²) in [6, 6.07) is 10.5. The van der Waals surface area contributed by atoms with Gasteiger partial charge in [-0.05, 0) is 50.2 Å². The average molecular weight is 381 g/mol. The lowest BCUT2D eigenvalue weighted by atomic mass is 10.2. The minimum atomic E-state index is -0.706. The Morgan fingerprint density at radius 3 is 2.79 bits per heavy atom. The Morgan fingerprint density at radius 2 is 2.04 bits per heavy atom. The molecule has 0 aliphatic rings. The molecule has 0 saturated carbocycles. The lowest BCUT2D eigenvalue weighted by molar-refractivity contribution is -0.122. The van der Waals surface area contributed by atoms with Crippen LogP contribution in [0.15, 0.2) is 36.4 Å². The van der Waals surface area contributed by atoms with E-state index in [1.165, 1.54) is 0 Å². The fourth-order valence-corrected chi connectivity index (χ4v) is 3.50. The molecule has 0 bridgehead atoms. The minimum absolute atomic E-state index is 0.262. The molecule has 124 valence electrons. The molecule has 1 amide bonds. The number of thiazole rings is 1. The molecule has 0 aliphatic heterocycles. The molecule has 0 saturated heterocycles. The number of halogens is 2. The number of aryl methyl sites for hydroxylation is 1. The summed E-state index contributed by atoms with van der Waals surface area (Å²) in [6.45, 7) is 3.62. The molecular weight excluding hydrogens is 367 g/mol. The summed E-state index contributed by atoms with van der Waals surface area (Å²) < 4.78 is 6.64. The van der Waals surface area contributed by atoms with Gasteiger partial charge in [0.05, 0.1) is 20.2 Å². The number of ether oxygens (including phenoxy) is 1. The Kier molecular flexibility index (Phi) is 4.94. The van der Waals surface area contributed by atoms with Gasteiger partial charge in [0, 0.05) is 10.7 Å². The van der Waals surface area contributed by atoms with Crippen molar-refractivity contribution < 1.29 is 9.53 Å². The number of nitrogens with one attached hydrogen (secondary N) is 1. The van der Waals surface area contributed by atoms with Crippen molar-refractivity contribution in [1.82, 2.24) is 4.98 Å². The molecule has 1 heterocycles. The first kappa shape index (κ1) is 17.0. The van der Waals surface area contributed by atoms with E-state index in [4.69, 9.17) is 27.9 Å². The number of aromatic nitrogens is 1. The van der Waals surface area contributed by atoms with E-state index in [1.54, 1.807) is 36.5 Å². The first-order valence-corrected chi connectivity index (χ1v) is 8.79. The van der Waals surface area contributed by atoms with Crippen molar-refractivity contribution in [3.63, 3.8) is 0 Å². The van der Waals surface area contributed by atoms with Crippen molar-refractivity contribution in [3.05, 3.63) is 51.5 Å². The second-order valence-corrected chi connectivity index (χ2v) is 7.32. The van der Waals surface area contributed by atoms with E-state index < -0.39 is 6.10 Å². The molecule has 1 N–H and O–H groups in total. The molecule has 24 heavy (non-hydrogen) atoms. The maximum absolute atomic E-state index is 12.3. The van der Waals surface area contributed by atoms with Crippen molar-refractivity contribution in [1.29, 1.82) is 0 Å². The number of hydrogen-bond acceptors (Lipinski definition) is 4. The summed E-state index contributed by atoms with van der Waals surface area (Å²) in [4.78, 5) is 16.7. The van der Waals surface area contributed by atoms with Crippen molar-refractivity contribution >= 4 is 56.3 Å². The quantitative estimate of drug-likeness (QED) is 0.666. The normalized spacial score (nSPS) is 12.2. The Labute approximate surface area is 153 Å². The van der Waals surface area contributed by atoms with Crippen LogP contribution in [-0.4, -0.2) is 17.0 Å². The molecule has 7 heteroatoms. The highest BCUT2D eigenvalue weighted by Crippen LogP contribution is 2.29. The van der Waals surface area contributed by atoms with Gasteiger partial charge in [-0.2, -0.15) is 0 Å². The molecule has 3 rings (SSSR count). The number of nitrogens with zero attached hydrogens (tertiary/aromatic N) is 1. The first-order chi connectivity index (χ1) is 11.4. The molecule has 2 aromatic carbocycles. The SMILES string of the molecule is Cc1nc2ccc(NC(=O)C(C)Oc3ccc(Cl)cc3Cl)cc2s1. The van der Waals surface area contributed by atoms with Gasteiger partial charge in [-0.15, -0.1) is 11.3 Å². The van der Waals surface area contributed by atoms with Crippen LogP contribution >= 0.6 is 34.5 Å². The highest BCUT2D eigenvalue weighted by atomic mass is 35.5. The van der Waals surface area contributed by atoms with Crippen LogP contribution in [0.3, 0.4) is 0 Å². The summed E-state index contributed by atoms with van der Waals surface area (Å²) in [5.74, 6) is 0.152. The van der Waals surface area contributed by atoms with Crippen LogP contribution in [-0.2, 0) is 4.79 Å². The van der Waals surface area contributed by atoms with Gasteiger partial charge in [-0.1, -0.05) is 23.2 Å². The van der Waals surface area contributed by atoms with Gasteiger partial charge < -0.3 is 10.1 Å². The summed E-state index contributed by atoms with van der Waals surface area (Å²) in [5.41, 5.74) is 1.63. The van der Waals surface area contributed by atoms with Crippen LogP contribution in [0.5, 0.6) is 5.75 Å². The summed E-state index contributed by atoms with van der Waals surface area (Å²) >= 11 is 13.5. The second-order valence-electron chi connectivity index (χ2n) is 5.24. The summed E-state index contributed by atoms with van der Waals surface area (Å²) in [7, 11) is 0. The number of rotatable bonds is 4. The largest absolute Gasteiger partial charge is 0.479 e. The van der Waals surface area contributed by atoms with Gasteiger partial charge in [0.2, 0.25) is 0 Å². The van der Waals surface area contributed by atoms with Crippen LogP contribution in [0.25, 0.3) is 10.2 Å². The maximum atomic E-state index is 12.3. The third-order valence-corrected chi connectivity index (χ3v) is 4.79. The molecule has 1 atom stereocenters. The molecule has 0 radical (unpaired) electrons. The Bertz CT molecular complexity index is 911. The first-order valence-electron chi connectivity index (χ1n) is 7.22. The van der Waals surface area contributed by atoms with E-state index in [1.807, 2.05) is 25.1 Å². The zero-order valence-corrected chi connectivity index (χ0v) is 15.3. The van der Waals surface area contributed by atoms with Gasteiger partial charge >= 0.3 is 0 Å². The van der Waals surface area contributed by atoms with Gasteiger partial charge in [-0.3, -0.25) is 4.79 Å². The molecule has 4 nitrogen and oxygen atoms in total. The summed E-state index contributed by atoms with van der Waals surface area (Å²) in [5, 5.41) is 4.70. The topological polar surface area (TPSA) is 51.2 Å². The number of carbonyl (C=O) groups excluding carboxylic acids is 1. The van der Waals surface area contributed by atoms with E-state index in [-0.39, 0.29) is 5.91 Å². The maximum Gasteiger partial charge on any atom is 0.265 e. The lowest BCUT2D eigenvalue weighted by Gasteiger charge is -2.15. The number of carbonyl (C=O) groups is 1. The third-order valence-electron chi connectivity index (χ3n) is 3.33. The number of benzene rings is 2. The number of hydrogen-bond donors (Lipinski definition) is 1. The second kappa shape index (κ2) is 6.97. The highest BCUT2D eigenvalue weighted by Gasteiger charge is 2.17. The zero-order valence-electron chi connectivity index (χ0n) is 13.0. The average Bonchev–Trinajstić information content (AvgIpc) is 2.89. The van der Waals surface area contributed by atoms with Gasteiger partial charge in [-0.25, -0.2) is 4.98 Å². The van der Waals surface area contributed by atoms with Crippen LogP contribution < -0.4 is 10.1 Å². The van der Waals surface area contributed by atoms with Crippen LogP contribution in [0, 0.1) is 6.92 Å². The molecule has 0 fully saturated rings. The number of fused-ring (bicyclic) bond motifs is 1. The zero-order chi connectivity index (χ0) is 17.3. The van der Waals surface area contributed by atoms with Gasteiger partial charge in [0.25, 0.3) is 5.91 Å². The standard InChI is InChI=1S/C17H14Cl2N2O2S/c1-9(23-15-6-3-11(18)7-13(15)19)17(22)21-12-4-5-14-16(8-12)24-10(2)20-14/h3-9H,1-2H3,(H,21,22). The monoisotopic (exact) mass is 380 g/mol. The van der Waals surface area contributed by atoms with E-state index in [0.29, 0.717) is 21.5 Å². The van der Waals surface area contributed by atoms with Crippen LogP contribution in [0.2, 0.25) is 10.0 Å². The van der Waals surface area contributed by atoms with E-state index >= 15 is 0 Å². The predicted molar refractivity (Wildman–Crippen MR) is 99.5 cm³/mol. The van der Waals surface area contributed by atoms with Crippen molar-refractivity contribution in [2.45, 2.75) is 20.0 Å². The van der Waals surface area contributed by atoms with Gasteiger partial charge in [0.15, 0.2) is 6.10 Å². The van der Waals surface area contributed by atoms with Crippen molar-refractivity contribution in [3.8, 4) is 5.75 Å². The molecule has 0 aliphatic carbocycles. The predicted octanol–water partition coefficient (Wildman–Crippen LogP) is 5.32. The Balaban J connectivity index is 1.70. The third kappa shape index (κ3) is 3.80. The smallest absolute Gasteiger partial charge is 0.265 e. The number of amides is 1. The van der Waals surface area contributed by atoms with Crippen molar-refractivity contribution in [2.24, 2.45) is 0 Å². The van der Waals surface area contributed by atoms with Crippen LogP contribution in [0.1, 0.15) is 11.9 Å². The molecule has 1 aromatic heterocycles. The number of anilines is 1. The Hall–Kier alpha value is -1.82. The molecular formula is C17H14Cl2N2O2S. The molecule has 1 unspecified atom stereocenters. The lowest BCUT2D eigenvalue weighted by Crippen LogP contribution is -2.30. The van der Waals surface area contributed by atoms with Crippen LogP contribution in [0.4, 0.5) is 5.69 Å². The molecule has 0 spiro atoms. The van der Waals surface area contributed by atoms with Gasteiger partial charge in [0.1, 0.15) is 5.75 Å². The van der Waals surface area contributed by atoms with Crippen molar-refractivity contribution in [2.75, 3.05) is 5.32 Å². The highest BCUT2D eigenvalue weighted by molar-refractivity contribution is 7.18. The van der Waals surface area contributed by atoms with E-state index in [9.17, 15) is 4.79 Å².